The van der Waals surface area contributed by atoms with Crippen LogP contribution < -0.4 is 5.32 Å². The molecule has 1 aromatic heterocycles. The van der Waals surface area contributed by atoms with Crippen molar-refractivity contribution in [2.45, 2.75) is 12.6 Å². The number of hydrogen-bond acceptors (Lipinski definition) is 3. The van der Waals surface area contributed by atoms with E-state index in [0.717, 1.165) is 32.0 Å². The van der Waals surface area contributed by atoms with Crippen LogP contribution in [0.5, 0.6) is 0 Å². The van der Waals surface area contributed by atoms with Gasteiger partial charge < -0.3 is 9.88 Å². The molecule has 0 spiro atoms. The first-order chi connectivity index (χ1) is 10.1. The first-order valence-corrected chi connectivity index (χ1v) is 7.76. The van der Waals surface area contributed by atoms with Crippen molar-refractivity contribution >= 4 is 35.6 Å². The summed E-state index contributed by atoms with van der Waals surface area (Å²) in [5.41, 5.74) is 1.17. The molecule has 22 heavy (non-hydrogen) atoms. The standard InChI is InChI=1S/C15H18Cl2N4.ClH/c1-20-6-5-19-15(20)14-9-18-4-7-21(14)10-11-2-3-12(16)13(17)8-11;/h2-3,5-6,8,14,18H,4,7,9-10H2,1H3;1H. The van der Waals surface area contributed by atoms with Gasteiger partial charge in [-0.15, -0.1) is 12.4 Å². The first kappa shape index (κ1) is 17.6. The van der Waals surface area contributed by atoms with Crippen molar-refractivity contribution < 1.29 is 0 Å². The minimum Gasteiger partial charge on any atom is -0.337 e. The second-order valence-corrected chi connectivity index (χ2v) is 6.15. The number of hydrogen-bond donors (Lipinski definition) is 1. The van der Waals surface area contributed by atoms with Crippen LogP contribution in [-0.2, 0) is 13.6 Å². The molecule has 0 radical (unpaired) electrons. The molecule has 1 saturated heterocycles. The topological polar surface area (TPSA) is 33.1 Å². The monoisotopic (exact) mass is 360 g/mol. The van der Waals surface area contributed by atoms with Gasteiger partial charge >= 0.3 is 0 Å². The van der Waals surface area contributed by atoms with Gasteiger partial charge in [0.2, 0.25) is 0 Å². The summed E-state index contributed by atoms with van der Waals surface area (Å²) in [5, 5.41) is 4.65. The maximum atomic E-state index is 6.11. The molecule has 3 rings (SSSR count). The molecule has 1 aliphatic heterocycles. The van der Waals surface area contributed by atoms with E-state index in [-0.39, 0.29) is 18.4 Å². The van der Waals surface area contributed by atoms with E-state index in [9.17, 15) is 0 Å². The summed E-state index contributed by atoms with van der Waals surface area (Å²) in [7, 11) is 2.04. The molecule has 7 heteroatoms. The molecule has 120 valence electrons. The summed E-state index contributed by atoms with van der Waals surface area (Å²) in [6, 6.07) is 6.11. The van der Waals surface area contributed by atoms with Gasteiger partial charge in [0.05, 0.1) is 16.1 Å². The Morgan fingerprint density at radius 1 is 1.32 bits per heavy atom. The number of benzene rings is 1. The highest BCUT2D eigenvalue weighted by Gasteiger charge is 2.26. The number of rotatable bonds is 3. The summed E-state index contributed by atoms with van der Waals surface area (Å²) < 4.78 is 2.08. The molecule has 1 aromatic carbocycles. The number of piperazine rings is 1. The van der Waals surface area contributed by atoms with Crippen LogP contribution in [0, 0.1) is 0 Å². The van der Waals surface area contributed by atoms with E-state index in [2.05, 4.69) is 19.8 Å². The Balaban J connectivity index is 0.00000176. The average molecular weight is 362 g/mol. The predicted molar refractivity (Wildman–Crippen MR) is 92.9 cm³/mol. The van der Waals surface area contributed by atoms with Crippen LogP contribution in [0.2, 0.25) is 10.0 Å². The summed E-state index contributed by atoms with van der Waals surface area (Å²) in [5.74, 6) is 1.09. The third kappa shape index (κ3) is 3.76. The van der Waals surface area contributed by atoms with Gasteiger partial charge in [-0.3, -0.25) is 4.90 Å². The lowest BCUT2D eigenvalue weighted by Gasteiger charge is -2.35. The van der Waals surface area contributed by atoms with Gasteiger partial charge in [0.1, 0.15) is 5.82 Å². The lowest BCUT2D eigenvalue weighted by molar-refractivity contribution is 0.145. The lowest BCUT2D eigenvalue weighted by Crippen LogP contribution is -2.46. The molecule has 0 amide bonds. The Kier molecular flexibility index (Phi) is 6.12. The van der Waals surface area contributed by atoms with Gasteiger partial charge in [-0.1, -0.05) is 29.3 Å². The maximum Gasteiger partial charge on any atom is 0.127 e. The summed E-state index contributed by atoms with van der Waals surface area (Å²) >= 11 is 12.1. The second-order valence-electron chi connectivity index (χ2n) is 5.34. The van der Waals surface area contributed by atoms with Crippen molar-refractivity contribution in [1.82, 2.24) is 19.8 Å². The van der Waals surface area contributed by atoms with Crippen molar-refractivity contribution in [1.29, 1.82) is 0 Å². The molecule has 1 aliphatic rings. The van der Waals surface area contributed by atoms with Crippen LogP contribution in [-0.4, -0.2) is 34.1 Å². The van der Waals surface area contributed by atoms with E-state index >= 15 is 0 Å². The molecule has 1 N–H and O–H groups in total. The molecular weight excluding hydrogens is 343 g/mol. The van der Waals surface area contributed by atoms with Crippen molar-refractivity contribution in [3.8, 4) is 0 Å². The molecule has 0 bridgehead atoms. The highest BCUT2D eigenvalue weighted by molar-refractivity contribution is 6.42. The van der Waals surface area contributed by atoms with Crippen molar-refractivity contribution in [2.75, 3.05) is 19.6 Å². The fourth-order valence-electron chi connectivity index (χ4n) is 2.76. The second kappa shape index (κ2) is 7.66. The molecular formula is C15H19Cl3N4. The van der Waals surface area contributed by atoms with Gasteiger partial charge in [-0.25, -0.2) is 4.98 Å². The van der Waals surface area contributed by atoms with E-state index in [0.29, 0.717) is 10.0 Å². The predicted octanol–water partition coefficient (Wildman–Crippen LogP) is 3.30. The SMILES string of the molecule is Cl.Cn1ccnc1C1CNCCN1Cc1ccc(Cl)c(Cl)c1. The smallest absolute Gasteiger partial charge is 0.127 e. The van der Waals surface area contributed by atoms with Crippen molar-refractivity contribution in [3.05, 3.63) is 52.0 Å². The number of halogens is 3. The average Bonchev–Trinajstić information content (AvgIpc) is 2.90. The first-order valence-electron chi connectivity index (χ1n) is 7.01. The summed E-state index contributed by atoms with van der Waals surface area (Å²) in [4.78, 5) is 6.93. The maximum absolute atomic E-state index is 6.11. The molecule has 0 saturated carbocycles. The van der Waals surface area contributed by atoms with Crippen LogP contribution in [0.4, 0.5) is 0 Å². The van der Waals surface area contributed by atoms with Crippen LogP contribution >= 0.6 is 35.6 Å². The Morgan fingerprint density at radius 2 is 2.14 bits per heavy atom. The number of nitrogens with one attached hydrogen (secondary N) is 1. The molecule has 1 unspecified atom stereocenters. The molecule has 2 heterocycles. The molecule has 2 aromatic rings. The number of aryl methyl sites for hydroxylation is 1. The van der Waals surface area contributed by atoms with E-state index in [1.165, 1.54) is 5.56 Å². The highest BCUT2D eigenvalue weighted by Crippen LogP contribution is 2.26. The van der Waals surface area contributed by atoms with Gasteiger partial charge in [0, 0.05) is 45.6 Å². The van der Waals surface area contributed by atoms with Crippen molar-refractivity contribution in [3.63, 3.8) is 0 Å². The van der Waals surface area contributed by atoms with E-state index in [1.807, 2.05) is 37.6 Å². The normalized spacial score (nSPS) is 19.0. The Labute approximate surface area is 146 Å². The Morgan fingerprint density at radius 3 is 2.82 bits per heavy atom. The minimum atomic E-state index is 0. The number of imidazole rings is 1. The Hall–Kier alpha value is -0.780. The highest BCUT2D eigenvalue weighted by atomic mass is 35.5. The number of aromatic nitrogens is 2. The molecule has 4 nitrogen and oxygen atoms in total. The summed E-state index contributed by atoms with van der Waals surface area (Å²) in [6.07, 6.45) is 3.84. The van der Waals surface area contributed by atoms with Crippen LogP contribution in [0.15, 0.2) is 30.6 Å². The summed E-state index contributed by atoms with van der Waals surface area (Å²) in [6.45, 7) is 3.72. The Bertz CT molecular complexity index is 629. The third-order valence-corrected chi connectivity index (χ3v) is 4.62. The zero-order valence-electron chi connectivity index (χ0n) is 12.3. The van der Waals surface area contributed by atoms with E-state index < -0.39 is 0 Å². The fourth-order valence-corrected chi connectivity index (χ4v) is 3.08. The third-order valence-electron chi connectivity index (χ3n) is 3.88. The molecule has 1 fully saturated rings. The quantitative estimate of drug-likeness (QED) is 0.910. The van der Waals surface area contributed by atoms with Gasteiger partial charge in [0.25, 0.3) is 0 Å². The van der Waals surface area contributed by atoms with Crippen LogP contribution in [0.3, 0.4) is 0 Å². The largest absolute Gasteiger partial charge is 0.337 e. The minimum absolute atomic E-state index is 0. The van der Waals surface area contributed by atoms with Gasteiger partial charge in [-0.2, -0.15) is 0 Å². The molecule has 1 atom stereocenters. The zero-order chi connectivity index (χ0) is 14.8. The van der Waals surface area contributed by atoms with Gasteiger partial charge in [-0.05, 0) is 17.7 Å². The van der Waals surface area contributed by atoms with E-state index in [1.54, 1.807) is 0 Å². The van der Waals surface area contributed by atoms with Gasteiger partial charge in [0.15, 0.2) is 0 Å². The fraction of sp³-hybridized carbons (Fsp3) is 0.400. The van der Waals surface area contributed by atoms with E-state index in [4.69, 9.17) is 23.2 Å². The van der Waals surface area contributed by atoms with Crippen LogP contribution in [0.1, 0.15) is 17.4 Å². The lowest BCUT2D eigenvalue weighted by atomic mass is 10.1. The van der Waals surface area contributed by atoms with Crippen molar-refractivity contribution in [2.24, 2.45) is 7.05 Å². The molecule has 0 aliphatic carbocycles. The van der Waals surface area contributed by atoms with Crippen LogP contribution in [0.25, 0.3) is 0 Å². The number of nitrogens with zero attached hydrogens (tertiary/aromatic N) is 3. The zero-order valence-corrected chi connectivity index (χ0v) is 14.6.